The van der Waals surface area contributed by atoms with Gasteiger partial charge in [-0.25, -0.2) is 0 Å². The summed E-state index contributed by atoms with van der Waals surface area (Å²) in [6, 6.07) is 0. The smallest absolute Gasteiger partial charge is 0.309 e. The molecule has 1 fully saturated rings. The monoisotopic (exact) mass is 284 g/mol. The standard InChI is InChI=1S/C17H32O3/c1-6-20-17(19)16-13(5)15(16)14(18)10-12(4)9-7-8-11(2)3/h11-16,18H,6-10H2,1-5H3. The Kier molecular flexibility index (Phi) is 7.01. The Morgan fingerprint density at radius 1 is 1.25 bits per heavy atom. The average Bonchev–Trinajstić information content (AvgIpc) is 3.00. The van der Waals surface area contributed by atoms with Gasteiger partial charge in [0.25, 0.3) is 0 Å². The van der Waals surface area contributed by atoms with Gasteiger partial charge in [0.05, 0.1) is 18.6 Å². The van der Waals surface area contributed by atoms with Crippen LogP contribution in [-0.2, 0) is 9.53 Å². The summed E-state index contributed by atoms with van der Waals surface area (Å²) in [4.78, 5) is 11.7. The molecule has 0 spiro atoms. The van der Waals surface area contributed by atoms with Crippen molar-refractivity contribution >= 4 is 5.97 Å². The van der Waals surface area contributed by atoms with Crippen LogP contribution in [0.15, 0.2) is 0 Å². The molecule has 5 atom stereocenters. The Morgan fingerprint density at radius 3 is 2.45 bits per heavy atom. The van der Waals surface area contributed by atoms with Crippen molar-refractivity contribution in [2.45, 2.75) is 66.4 Å². The number of esters is 1. The van der Waals surface area contributed by atoms with Gasteiger partial charge in [0.2, 0.25) is 0 Å². The first kappa shape index (κ1) is 17.5. The van der Waals surface area contributed by atoms with Gasteiger partial charge < -0.3 is 9.84 Å². The van der Waals surface area contributed by atoms with Crippen LogP contribution >= 0.6 is 0 Å². The Balaban J connectivity index is 2.29. The zero-order valence-electron chi connectivity index (χ0n) is 13.8. The van der Waals surface area contributed by atoms with Gasteiger partial charge in [-0.15, -0.1) is 0 Å². The van der Waals surface area contributed by atoms with Gasteiger partial charge in [-0.2, -0.15) is 0 Å². The minimum absolute atomic E-state index is 0.0761. The first-order valence-corrected chi connectivity index (χ1v) is 8.23. The van der Waals surface area contributed by atoms with Crippen LogP contribution < -0.4 is 0 Å². The fourth-order valence-electron chi connectivity index (χ4n) is 3.26. The molecule has 0 aromatic rings. The van der Waals surface area contributed by atoms with E-state index in [1.54, 1.807) is 0 Å². The number of hydrogen-bond donors (Lipinski definition) is 1. The number of hydrogen-bond acceptors (Lipinski definition) is 3. The molecular weight excluding hydrogens is 252 g/mol. The molecule has 0 amide bonds. The predicted molar refractivity (Wildman–Crippen MR) is 81.3 cm³/mol. The quantitative estimate of drug-likeness (QED) is 0.657. The normalized spacial score (nSPS) is 28.2. The second-order valence-corrected chi connectivity index (χ2v) is 6.95. The molecule has 0 aromatic carbocycles. The molecule has 118 valence electrons. The van der Waals surface area contributed by atoms with Gasteiger partial charge in [-0.3, -0.25) is 4.79 Å². The molecule has 0 heterocycles. The van der Waals surface area contributed by atoms with Crippen LogP contribution in [0.4, 0.5) is 0 Å². The zero-order valence-corrected chi connectivity index (χ0v) is 13.8. The van der Waals surface area contributed by atoms with Crippen LogP contribution in [0.5, 0.6) is 0 Å². The lowest BCUT2D eigenvalue weighted by molar-refractivity contribution is -0.145. The van der Waals surface area contributed by atoms with Crippen molar-refractivity contribution in [3.8, 4) is 0 Å². The molecule has 20 heavy (non-hydrogen) atoms. The van der Waals surface area contributed by atoms with Crippen molar-refractivity contribution in [3.63, 3.8) is 0 Å². The Morgan fingerprint density at radius 2 is 1.90 bits per heavy atom. The van der Waals surface area contributed by atoms with E-state index in [2.05, 4.69) is 20.8 Å². The molecule has 1 rings (SSSR count). The highest BCUT2D eigenvalue weighted by Crippen LogP contribution is 2.50. The van der Waals surface area contributed by atoms with Gasteiger partial charge in [0.1, 0.15) is 0 Å². The summed E-state index contributed by atoms with van der Waals surface area (Å²) in [5.74, 6) is 1.46. The van der Waals surface area contributed by atoms with Crippen LogP contribution in [0, 0.1) is 29.6 Å². The van der Waals surface area contributed by atoms with Gasteiger partial charge in [0.15, 0.2) is 0 Å². The molecule has 5 unspecified atom stereocenters. The zero-order chi connectivity index (χ0) is 15.3. The minimum Gasteiger partial charge on any atom is -0.466 e. The summed E-state index contributed by atoms with van der Waals surface area (Å²) in [6.07, 6.45) is 4.11. The first-order valence-electron chi connectivity index (χ1n) is 8.23. The van der Waals surface area contributed by atoms with E-state index in [0.29, 0.717) is 12.5 Å². The Bertz CT molecular complexity index is 301. The van der Waals surface area contributed by atoms with Crippen molar-refractivity contribution in [2.75, 3.05) is 6.61 Å². The van der Waals surface area contributed by atoms with Crippen molar-refractivity contribution in [1.29, 1.82) is 0 Å². The van der Waals surface area contributed by atoms with Gasteiger partial charge in [0, 0.05) is 5.92 Å². The molecule has 0 radical (unpaired) electrons. The molecule has 3 nitrogen and oxygen atoms in total. The van der Waals surface area contributed by atoms with Gasteiger partial charge in [-0.05, 0) is 31.1 Å². The molecule has 1 aliphatic rings. The average molecular weight is 284 g/mol. The fourth-order valence-corrected chi connectivity index (χ4v) is 3.26. The van der Waals surface area contributed by atoms with Crippen molar-refractivity contribution in [1.82, 2.24) is 0 Å². The van der Waals surface area contributed by atoms with Crippen LogP contribution in [-0.4, -0.2) is 23.8 Å². The maximum Gasteiger partial charge on any atom is 0.309 e. The maximum atomic E-state index is 11.7. The van der Waals surface area contributed by atoms with Crippen LogP contribution in [0.3, 0.4) is 0 Å². The van der Waals surface area contributed by atoms with Crippen molar-refractivity contribution in [2.24, 2.45) is 29.6 Å². The van der Waals surface area contributed by atoms with E-state index >= 15 is 0 Å². The summed E-state index contributed by atoms with van der Waals surface area (Å²) in [6.45, 7) is 11.0. The highest BCUT2D eigenvalue weighted by atomic mass is 16.5. The second kappa shape index (κ2) is 8.02. The molecule has 0 aliphatic heterocycles. The third-order valence-electron chi connectivity index (χ3n) is 4.57. The molecule has 3 heteroatoms. The lowest BCUT2D eigenvalue weighted by atomic mass is 9.93. The summed E-state index contributed by atoms with van der Waals surface area (Å²) >= 11 is 0. The van der Waals surface area contributed by atoms with E-state index < -0.39 is 0 Å². The summed E-state index contributed by atoms with van der Waals surface area (Å²) in [5.41, 5.74) is 0. The summed E-state index contributed by atoms with van der Waals surface area (Å²) < 4.78 is 5.06. The number of rotatable bonds is 9. The van der Waals surface area contributed by atoms with Crippen LogP contribution in [0.25, 0.3) is 0 Å². The molecule has 0 saturated heterocycles. The number of carbonyl (C=O) groups is 1. The maximum absolute atomic E-state index is 11.7. The number of ether oxygens (including phenoxy) is 1. The van der Waals surface area contributed by atoms with Crippen molar-refractivity contribution < 1.29 is 14.6 Å². The molecule has 0 aromatic heterocycles. The number of aliphatic hydroxyl groups is 1. The molecular formula is C17H32O3. The lowest BCUT2D eigenvalue weighted by Crippen LogP contribution is -2.18. The van der Waals surface area contributed by atoms with E-state index in [9.17, 15) is 9.90 Å². The highest BCUT2D eigenvalue weighted by molar-refractivity contribution is 5.76. The van der Waals surface area contributed by atoms with Crippen LogP contribution in [0.2, 0.25) is 0 Å². The van der Waals surface area contributed by atoms with Crippen LogP contribution in [0.1, 0.15) is 60.3 Å². The summed E-state index contributed by atoms with van der Waals surface area (Å²) in [7, 11) is 0. The van der Waals surface area contributed by atoms with E-state index in [1.165, 1.54) is 19.3 Å². The Labute approximate surface area is 124 Å². The SMILES string of the molecule is CCOC(=O)C1C(C)C1C(O)CC(C)CCCC(C)C. The van der Waals surface area contributed by atoms with Gasteiger partial charge >= 0.3 is 5.97 Å². The molecule has 1 aliphatic carbocycles. The van der Waals surface area contributed by atoms with Gasteiger partial charge in [-0.1, -0.05) is 47.0 Å². The minimum atomic E-state index is -0.353. The van der Waals surface area contributed by atoms with Crippen molar-refractivity contribution in [3.05, 3.63) is 0 Å². The van der Waals surface area contributed by atoms with E-state index in [1.807, 2.05) is 13.8 Å². The highest BCUT2D eigenvalue weighted by Gasteiger charge is 2.55. The molecule has 0 bridgehead atoms. The number of aliphatic hydroxyl groups excluding tert-OH is 1. The number of carbonyl (C=O) groups excluding carboxylic acids is 1. The third kappa shape index (κ3) is 5.08. The largest absolute Gasteiger partial charge is 0.466 e. The lowest BCUT2D eigenvalue weighted by Gasteiger charge is -2.17. The predicted octanol–water partition coefficient (Wildman–Crippen LogP) is 3.65. The first-order chi connectivity index (χ1) is 9.38. The Hall–Kier alpha value is -0.570. The van der Waals surface area contributed by atoms with E-state index in [0.717, 1.165) is 12.3 Å². The van der Waals surface area contributed by atoms with E-state index in [-0.39, 0.29) is 29.8 Å². The topological polar surface area (TPSA) is 46.5 Å². The van der Waals surface area contributed by atoms with E-state index in [4.69, 9.17) is 4.74 Å². The molecule has 1 N–H and O–H groups in total. The fraction of sp³-hybridized carbons (Fsp3) is 0.941. The second-order valence-electron chi connectivity index (χ2n) is 6.95. The summed E-state index contributed by atoms with van der Waals surface area (Å²) in [5, 5.41) is 10.3. The molecule has 1 saturated carbocycles. The third-order valence-corrected chi connectivity index (χ3v) is 4.57.